The summed E-state index contributed by atoms with van der Waals surface area (Å²) in [6, 6.07) is 6.15. The second kappa shape index (κ2) is 8.39. The molecule has 0 aliphatic carbocycles. The van der Waals surface area contributed by atoms with Crippen LogP contribution in [0.2, 0.25) is 0 Å². The Morgan fingerprint density at radius 1 is 1.38 bits per heavy atom. The van der Waals surface area contributed by atoms with E-state index < -0.39 is 10.0 Å². The maximum atomic E-state index is 12.4. The number of rotatable bonds is 8. The van der Waals surface area contributed by atoms with Gasteiger partial charge in [0.1, 0.15) is 0 Å². The zero-order valence-corrected chi connectivity index (χ0v) is 15.1. The Bertz CT molecular complexity index is 831. The fraction of sp³-hybridized carbons (Fsp3) is 0.438. The highest BCUT2D eigenvalue weighted by atomic mass is 32.2. The normalized spacial score (nSPS) is 17.3. The smallest absolute Gasteiger partial charge is 0.251 e. The van der Waals surface area contributed by atoms with Gasteiger partial charge >= 0.3 is 0 Å². The molecular weight excluding hydrogens is 356 g/mol. The molecule has 1 aromatic carbocycles. The van der Waals surface area contributed by atoms with Crippen molar-refractivity contribution in [3.63, 3.8) is 0 Å². The molecular formula is C16H22N6O3S. The van der Waals surface area contributed by atoms with Crippen molar-refractivity contribution in [1.82, 2.24) is 30.3 Å². The molecule has 1 aromatic heterocycles. The molecule has 1 fully saturated rings. The van der Waals surface area contributed by atoms with E-state index in [-0.39, 0.29) is 23.4 Å². The summed E-state index contributed by atoms with van der Waals surface area (Å²) in [5.74, 6) is -0.262. The van der Waals surface area contributed by atoms with Crippen molar-refractivity contribution in [3.8, 4) is 0 Å². The van der Waals surface area contributed by atoms with Crippen LogP contribution in [0.3, 0.4) is 0 Å². The number of hydrogen-bond donors (Lipinski definition) is 3. The highest BCUT2D eigenvalue weighted by Gasteiger charge is 2.19. The molecule has 0 bridgehead atoms. The third-order valence-corrected chi connectivity index (χ3v) is 5.59. The van der Waals surface area contributed by atoms with E-state index in [1.165, 1.54) is 12.1 Å². The Morgan fingerprint density at radius 3 is 3.00 bits per heavy atom. The number of benzene rings is 1. The maximum absolute atomic E-state index is 12.4. The van der Waals surface area contributed by atoms with Gasteiger partial charge in [0.25, 0.3) is 5.91 Å². The summed E-state index contributed by atoms with van der Waals surface area (Å²) in [6.45, 7) is 2.45. The second-order valence-electron chi connectivity index (χ2n) is 6.11. The highest BCUT2D eigenvalue weighted by Crippen LogP contribution is 2.12. The molecule has 2 aromatic rings. The first-order valence-corrected chi connectivity index (χ1v) is 9.98. The molecule has 1 saturated heterocycles. The minimum absolute atomic E-state index is 0.0791. The molecule has 0 spiro atoms. The minimum atomic E-state index is -3.67. The molecule has 1 atom stereocenters. The molecule has 1 amide bonds. The van der Waals surface area contributed by atoms with Gasteiger partial charge in [0.15, 0.2) is 0 Å². The van der Waals surface area contributed by atoms with Crippen molar-refractivity contribution in [3.05, 3.63) is 42.2 Å². The number of carbonyl (C=O) groups excluding carboxylic acids is 1. The molecule has 3 rings (SSSR count). The topological polar surface area (TPSA) is 118 Å². The third-order valence-electron chi connectivity index (χ3n) is 4.13. The summed E-state index contributed by atoms with van der Waals surface area (Å²) >= 11 is 0. The molecule has 0 saturated carbocycles. The predicted molar refractivity (Wildman–Crippen MR) is 95.0 cm³/mol. The third kappa shape index (κ3) is 4.87. The molecule has 9 nitrogen and oxygen atoms in total. The quantitative estimate of drug-likeness (QED) is 0.545. The van der Waals surface area contributed by atoms with Gasteiger partial charge in [-0.15, -0.1) is 5.10 Å². The van der Waals surface area contributed by atoms with Crippen molar-refractivity contribution in [2.75, 3.05) is 19.6 Å². The number of aromatic nitrogens is 3. The van der Waals surface area contributed by atoms with Gasteiger partial charge in [-0.05, 0) is 37.6 Å². The standard InChI is InChI=1S/C16H22N6O3S/c23-16(20-14-5-7-17-12-14)13-3-1-4-15(11-13)26(24,25)19-6-2-9-22-10-8-18-21-22/h1,3-4,8,10-11,14,17,19H,2,5-7,9,12H2,(H,20,23)/t14-/m1/s1. The van der Waals surface area contributed by atoms with Crippen molar-refractivity contribution in [2.45, 2.75) is 30.3 Å². The lowest BCUT2D eigenvalue weighted by Crippen LogP contribution is -2.36. The van der Waals surface area contributed by atoms with E-state index in [2.05, 4.69) is 25.7 Å². The summed E-state index contributed by atoms with van der Waals surface area (Å²) in [5.41, 5.74) is 0.336. The van der Waals surface area contributed by atoms with Gasteiger partial charge in [0, 0.05) is 37.4 Å². The van der Waals surface area contributed by atoms with Crippen molar-refractivity contribution < 1.29 is 13.2 Å². The number of hydrogen-bond acceptors (Lipinski definition) is 6. The van der Waals surface area contributed by atoms with Crippen LogP contribution in [-0.2, 0) is 16.6 Å². The van der Waals surface area contributed by atoms with Crippen LogP contribution in [0.15, 0.2) is 41.6 Å². The van der Waals surface area contributed by atoms with Crippen molar-refractivity contribution in [1.29, 1.82) is 0 Å². The first-order valence-electron chi connectivity index (χ1n) is 8.50. The van der Waals surface area contributed by atoms with Gasteiger partial charge < -0.3 is 10.6 Å². The summed E-state index contributed by atoms with van der Waals surface area (Å²) in [7, 11) is -3.67. The van der Waals surface area contributed by atoms with Crippen molar-refractivity contribution in [2.24, 2.45) is 0 Å². The van der Waals surface area contributed by atoms with Crippen LogP contribution in [0, 0.1) is 0 Å². The molecule has 0 unspecified atom stereocenters. The van der Waals surface area contributed by atoms with E-state index in [4.69, 9.17) is 0 Å². The van der Waals surface area contributed by atoms with Crippen LogP contribution in [0.25, 0.3) is 0 Å². The minimum Gasteiger partial charge on any atom is -0.348 e. The Kier molecular flexibility index (Phi) is 5.96. The molecule has 26 heavy (non-hydrogen) atoms. The highest BCUT2D eigenvalue weighted by molar-refractivity contribution is 7.89. The maximum Gasteiger partial charge on any atom is 0.251 e. The Hall–Kier alpha value is -2.30. The fourth-order valence-electron chi connectivity index (χ4n) is 2.73. The number of carbonyl (C=O) groups is 1. The average molecular weight is 378 g/mol. The lowest BCUT2D eigenvalue weighted by Gasteiger charge is -2.12. The summed E-state index contributed by atoms with van der Waals surface area (Å²) < 4.78 is 29.0. The van der Waals surface area contributed by atoms with Gasteiger partial charge in [-0.25, -0.2) is 13.1 Å². The summed E-state index contributed by atoms with van der Waals surface area (Å²) in [5, 5.41) is 13.6. The number of sulfonamides is 1. The number of aryl methyl sites for hydroxylation is 1. The molecule has 10 heteroatoms. The number of nitrogens with zero attached hydrogens (tertiary/aromatic N) is 3. The zero-order chi connectivity index (χ0) is 18.4. The van der Waals surface area contributed by atoms with E-state index in [1.54, 1.807) is 29.2 Å². The molecule has 1 aliphatic heterocycles. The number of amides is 1. The molecule has 140 valence electrons. The van der Waals surface area contributed by atoms with Crippen LogP contribution in [-0.4, -0.2) is 55.0 Å². The second-order valence-corrected chi connectivity index (χ2v) is 7.88. The van der Waals surface area contributed by atoms with Gasteiger partial charge in [-0.3, -0.25) is 9.48 Å². The van der Waals surface area contributed by atoms with Crippen LogP contribution < -0.4 is 15.4 Å². The predicted octanol–water partition coefficient (Wildman–Crippen LogP) is -0.262. The van der Waals surface area contributed by atoms with E-state index in [0.29, 0.717) is 18.5 Å². The first-order chi connectivity index (χ1) is 12.5. The van der Waals surface area contributed by atoms with Gasteiger partial charge in [-0.1, -0.05) is 11.3 Å². The van der Waals surface area contributed by atoms with Gasteiger partial charge in [0.05, 0.1) is 11.1 Å². The Balaban J connectivity index is 1.57. The van der Waals surface area contributed by atoms with E-state index in [0.717, 1.165) is 19.5 Å². The van der Waals surface area contributed by atoms with Gasteiger partial charge in [-0.2, -0.15) is 0 Å². The molecule has 3 N–H and O–H groups in total. The van der Waals surface area contributed by atoms with Crippen LogP contribution in [0.4, 0.5) is 0 Å². The lowest BCUT2D eigenvalue weighted by atomic mass is 10.2. The first kappa shape index (κ1) is 18.5. The van der Waals surface area contributed by atoms with Gasteiger partial charge in [0.2, 0.25) is 10.0 Å². The Morgan fingerprint density at radius 2 is 2.27 bits per heavy atom. The van der Waals surface area contributed by atoms with E-state index >= 15 is 0 Å². The molecule has 0 radical (unpaired) electrons. The molecule has 1 aliphatic rings. The average Bonchev–Trinajstić information content (AvgIpc) is 3.33. The fourth-order valence-corrected chi connectivity index (χ4v) is 3.85. The lowest BCUT2D eigenvalue weighted by molar-refractivity contribution is 0.0940. The number of nitrogens with one attached hydrogen (secondary N) is 3. The van der Waals surface area contributed by atoms with E-state index in [9.17, 15) is 13.2 Å². The van der Waals surface area contributed by atoms with Crippen molar-refractivity contribution >= 4 is 15.9 Å². The summed E-state index contributed by atoms with van der Waals surface area (Å²) in [4.78, 5) is 12.4. The largest absolute Gasteiger partial charge is 0.348 e. The van der Waals surface area contributed by atoms with Crippen LogP contribution in [0.5, 0.6) is 0 Å². The monoisotopic (exact) mass is 378 g/mol. The van der Waals surface area contributed by atoms with E-state index in [1.807, 2.05) is 0 Å². The SMILES string of the molecule is O=C(N[C@@H]1CCNC1)c1cccc(S(=O)(=O)NCCCn2ccnn2)c1. The zero-order valence-electron chi connectivity index (χ0n) is 14.3. The summed E-state index contributed by atoms with van der Waals surface area (Å²) in [6.07, 6.45) is 4.74. The van der Waals surface area contributed by atoms with Crippen LogP contribution >= 0.6 is 0 Å². The molecule has 2 heterocycles. The van der Waals surface area contributed by atoms with Crippen LogP contribution in [0.1, 0.15) is 23.2 Å². The Labute approximate surface area is 152 Å².